The summed E-state index contributed by atoms with van der Waals surface area (Å²) in [5, 5.41) is 12.2. The van der Waals surface area contributed by atoms with Crippen molar-refractivity contribution < 1.29 is 23.5 Å². The van der Waals surface area contributed by atoms with Gasteiger partial charge < -0.3 is 18.8 Å². The summed E-state index contributed by atoms with van der Waals surface area (Å²) >= 11 is 6.09. The number of amides is 1. The maximum absolute atomic E-state index is 13.7. The van der Waals surface area contributed by atoms with Gasteiger partial charge in [0.1, 0.15) is 17.4 Å². The first-order valence-corrected chi connectivity index (χ1v) is 12.7. The first kappa shape index (κ1) is 23.6. The number of benzene rings is 2. The van der Waals surface area contributed by atoms with Crippen LogP contribution in [0.15, 0.2) is 93.2 Å². The number of likely N-dealkylation sites (tertiary alicyclic amines) is 1. The number of carbonyl (C=O) groups is 2. The molecule has 188 valence electrons. The Balaban J connectivity index is 1.28. The van der Waals surface area contributed by atoms with Crippen LogP contribution in [0.1, 0.15) is 40.8 Å². The molecule has 2 aliphatic heterocycles. The highest BCUT2D eigenvalue weighted by atomic mass is 35.5. The van der Waals surface area contributed by atoms with E-state index in [2.05, 4.69) is 17.0 Å². The first-order chi connectivity index (χ1) is 18.0. The summed E-state index contributed by atoms with van der Waals surface area (Å²) in [6, 6.07) is 19.4. The zero-order valence-electron chi connectivity index (χ0n) is 20.0. The van der Waals surface area contributed by atoms with E-state index in [4.69, 9.17) is 20.4 Å². The van der Waals surface area contributed by atoms with Crippen LogP contribution in [0.2, 0.25) is 5.02 Å². The van der Waals surface area contributed by atoms with Gasteiger partial charge in [-0.2, -0.15) is 0 Å². The van der Waals surface area contributed by atoms with Crippen LogP contribution in [-0.4, -0.2) is 45.7 Å². The van der Waals surface area contributed by atoms with Crippen LogP contribution in [-0.2, 0) is 11.3 Å². The molecule has 2 aromatic heterocycles. The Morgan fingerprint density at radius 2 is 1.81 bits per heavy atom. The minimum atomic E-state index is -0.836. The molecule has 0 bridgehead atoms. The van der Waals surface area contributed by atoms with Gasteiger partial charge in [-0.15, -0.1) is 0 Å². The highest BCUT2D eigenvalue weighted by Crippen LogP contribution is 2.42. The maximum Gasteiger partial charge on any atom is 0.290 e. The molecule has 2 aliphatic rings. The molecule has 0 spiro atoms. The van der Waals surface area contributed by atoms with Gasteiger partial charge in [0.15, 0.2) is 11.5 Å². The fourth-order valence-corrected chi connectivity index (χ4v) is 5.59. The smallest absolute Gasteiger partial charge is 0.290 e. The molecule has 2 aromatic carbocycles. The van der Waals surface area contributed by atoms with Crippen molar-refractivity contribution in [1.82, 2.24) is 9.80 Å². The lowest BCUT2D eigenvalue weighted by atomic mass is 9.96. The highest BCUT2D eigenvalue weighted by Gasteiger charge is 2.49. The average Bonchev–Trinajstić information content (AvgIpc) is 3.64. The Labute approximate surface area is 218 Å². The van der Waals surface area contributed by atoms with Gasteiger partial charge in [-0.3, -0.25) is 14.5 Å². The van der Waals surface area contributed by atoms with Gasteiger partial charge in [-0.25, -0.2) is 0 Å². The van der Waals surface area contributed by atoms with Crippen LogP contribution in [0.5, 0.6) is 0 Å². The van der Waals surface area contributed by atoms with Crippen molar-refractivity contribution in [2.24, 2.45) is 0 Å². The van der Waals surface area contributed by atoms with Crippen LogP contribution in [0.3, 0.4) is 0 Å². The Bertz CT molecular complexity index is 1480. The van der Waals surface area contributed by atoms with E-state index in [1.54, 1.807) is 41.3 Å². The van der Waals surface area contributed by atoms with Crippen LogP contribution < -0.4 is 0 Å². The van der Waals surface area contributed by atoms with Crippen molar-refractivity contribution in [3.8, 4) is 0 Å². The number of Topliss-reactive ketones (excluding diaryl/α,β-unsaturated/α-hetero) is 1. The quantitative estimate of drug-likeness (QED) is 0.320. The zero-order valence-corrected chi connectivity index (χ0v) is 20.7. The standard InChI is InChI=1S/C29H25ClN2O5/c30-20-8-9-22-19(15-20)16-24(37-22)27(33)25-26(23-7-4-14-36-23)32(29(35)28(25)34)21-10-12-31(13-11-21)17-18-5-2-1-3-6-18/h1-9,14-16,21,26,34H,10-13,17H2. The number of nitrogens with zero attached hydrogens (tertiary/aromatic N) is 2. The average molecular weight is 517 g/mol. The van der Waals surface area contributed by atoms with E-state index >= 15 is 0 Å². The van der Waals surface area contributed by atoms with Gasteiger partial charge in [-0.05, 0) is 54.8 Å². The second-order valence-electron chi connectivity index (χ2n) is 9.51. The summed E-state index contributed by atoms with van der Waals surface area (Å²) in [6.45, 7) is 2.43. The number of rotatable bonds is 6. The molecule has 6 rings (SSSR count). The summed E-state index contributed by atoms with van der Waals surface area (Å²) in [4.78, 5) is 31.0. The van der Waals surface area contributed by atoms with Crippen molar-refractivity contribution in [3.05, 3.63) is 106 Å². The molecule has 0 radical (unpaired) electrons. The van der Waals surface area contributed by atoms with Crippen LogP contribution in [0, 0.1) is 0 Å². The summed E-state index contributed by atoms with van der Waals surface area (Å²) in [6.07, 6.45) is 2.93. The van der Waals surface area contributed by atoms with Gasteiger partial charge in [0.2, 0.25) is 5.78 Å². The van der Waals surface area contributed by atoms with E-state index < -0.39 is 23.5 Å². The molecular weight excluding hydrogens is 492 g/mol. The van der Waals surface area contributed by atoms with E-state index in [0.29, 0.717) is 34.6 Å². The second kappa shape index (κ2) is 9.57. The number of ketones is 1. The molecule has 0 aliphatic carbocycles. The van der Waals surface area contributed by atoms with Crippen LogP contribution in [0.4, 0.5) is 0 Å². The minimum absolute atomic E-state index is 0.0303. The predicted molar refractivity (Wildman–Crippen MR) is 138 cm³/mol. The van der Waals surface area contributed by atoms with Crippen molar-refractivity contribution in [1.29, 1.82) is 0 Å². The lowest BCUT2D eigenvalue weighted by Gasteiger charge is -2.39. The number of halogens is 1. The molecule has 8 heteroatoms. The van der Waals surface area contributed by atoms with Gasteiger partial charge in [0.25, 0.3) is 5.91 Å². The molecule has 1 amide bonds. The molecule has 1 unspecified atom stereocenters. The molecule has 37 heavy (non-hydrogen) atoms. The predicted octanol–water partition coefficient (Wildman–Crippen LogP) is 5.92. The van der Waals surface area contributed by atoms with Gasteiger partial charge in [-0.1, -0.05) is 41.9 Å². The Hall–Kier alpha value is -3.81. The molecule has 1 saturated heterocycles. The molecule has 4 aromatic rings. The number of hydrogen-bond donors (Lipinski definition) is 1. The largest absolute Gasteiger partial charge is 0.503 e. The van der Waals surface area contributed by atoms with E-state index in [1.807, 2.05) is 18.2 Å². The number of carbonyl (C=O) groups excluding carboxylic acids is 2. The van der Waals surface area contributed by atoms with E-state index in [-0.39, 0.29) is 17.4 Å². The third kappa shape index (κ3) is 4.34. The highest BCUT2D eigenvalue weighted by molar-refractivity contribution is 6.31. The topological polar surface area (TPSA) is 87.1 Å². The van der Waals surface area contributed by atoms with Crippen molar-refractivity contribution in [2.75, 3.05) is 13.1 Å². The number of piperidine rings is 1. The summed E-state index contributed by atoms with van der Waals surface area (Å²) in [7, 11) is 0. The number of aliphatic hydroxyl groups excluding tert-OH is 1. The van der Waals surface area contributed by atoms with Crippen molar-refractivity contribution >= 4 is 34.3 Å². The molecule has 7 nitrogen and oxygen atoms in total. The van der Waals surface area contributed by atoms with Crippen LogP contribution in [0.25, 0.3) is 11.0 Å². The SMILES string of the molecule is O=C(C1=C(O)C(=O)N(C2CCN(Cc3ccccc3)CC2)C1c1ccco1)c1cc2cc(Cl)ccc2o1. The fraction of sp³-hybridized carbons (Fsp3) is 0.241. The fourth-order valence-electron chi connectivity index (χ4n) is 5.41. The van der Waals surface area contributed by atoms with Gasteiger partial charge in [0.05, 0.1) is 11.8 Å². The lowest BCUT2D eigenvalue weighted by Crippen LogP contribution is -2.47. The van der Waals surface area contributed by atoms with E-state index in [1.165, 1.54) is 11.8 Å². The van der Waals surface area contributed by atoms with Gasteiger partial charge >= 0.3 is 0 Å². The maximum atomic E-state index is 13.7. The molecule has 4 heterocycles. The van der Waals surface area contributed by atoms with Gasteiger partial charge in [0, 0.05) is 36.1 Å². The van der Waals surface area contributed by atoms with Crippen molar-refractivity contribution in [2.45, 2.75) is 31.5 Å². The Kier molecular flexibility index (Phi) is 6.10. The molecular formula is C29H25ClN2O5. The second-order valence-corrected chi connectivity index (χ2v) is 9.94. The number of hydrogen-bond acceptors (Lipinski definition) is 6. The van der Waals surface area contributed by atoms with Crippen LogP contribution >= 0.6 is 11.6 Å². The minimum Gasteiger partial charge on any atom is -0.503 e. The number of aliphatic hydroxyl groups is 1. The first-order valence-electron chi connectivity index (χ1n) is 12.3. The summed E-state index contributed by atoms with van der Waals surface area (Å²) in [5.41, 5.74) is 1.71. The summed E-state index contributed by atoms with van der Waals surface area (Å²) in [5.74, 6) is -1.22. The molecule has 0 saturated carbocycles. The molecule has 1 N–H and O–H groups in total. The monoisotopic (exact) mass is 516 g/mol. The molecule has 1 atom stereocenters. The van der Waals surface area contributed by atoms with E-state index in [9.17, 15) is 14.7 Å². The summed E-state index contributed by atoms with van der Waals surface area (Å²) < 4.78 is 11.5. The number of furan rings is 2. The van der Waals surface area contributed by atoms with Crippen molar-refractivity contribution in [3.63, 3.8) is 0 Å². The van der Waals surface area contributed by atoms with E-state index in [0.717, 1.165) is 19.6 Å². The molecule has 1 fully saturated rings. The number of fused-ring (bicyclic) bond motifs is 1. The zero-order chi connectivity index (χ0) is 25.5. The lowest BCUT2D eigenvalue weighted by molar-refractivity contribution is -0.133. The Morgan fingerprint density at radius 1 is 1.03 bits per heavy atom. The third-order valence-electron chi connectivity index (χ3n) is 7.20. The Morgan fingerprint density at radius 3 is 2.54 bits per heavy atom. The normalized spacial score (nSPS) is 19.3. The third-order valence-corrected chi connectivity index (χ3v) is 7.44.